The molecule has 0 fully saturated rings. The minimum atomic E-state index is -0.635. The molecule has 31 heavy (non-hydrogen) atoms. The third-order valence-electron chi connectivity index (χ3n) is 5.56. The van der Waals surface area contributed by atoms with Crippen molar-refractivity contribution in [1.82, 2.24) is 18.7 Å². The van der Waals surface area contributed by atoms with Crippen molar-refractivity contribution in [3.05, 3.63) is 49.6 Å². The number of nitrogens with zero attached hydrogens (tertiary/aromatic N) is 5. The van der Waals surface area contributed by atoms with E-state index in [-0.39, 0.29) is 23.7 Å². The van der Waals surface area contributed by atoms with E-state index in [1.54, 1.807) is 14.0 Å². The SMILES string of the molecule is CCOC(=O)Cn1c(=O)c2c(nc3n2C[C@@H](C)CN3c2cccc(Cl)c2C)n(C)c1=O. The van der Waals surface area contributed by atoms with Crippen molar-refractivity contribution < 1.29 is 9.53 Å². The Hall–Kier alpha value is -3.07. The Balaban J connectivity index is 1.96. The van der Waals surface area contributed by atoms with Crippen LogP contribution >= 0.6 is 11.6 Å². The lowest BCUT2D eigenvalue weighted by atomic mass is 10.1. The highest BCUT2D eigenvalue weighted by Crippen LogP contribution is 2.36. The molecule has 4 rings (SSSR count). The fraction of sp³-hybridized carbons (Fsp3) is 0.429. The van der Waals surface area contributed by atoms with Crippen molar-refractivity contribution >= 4 is 40.4 Å². The van der Waals surface area contributed by atoms with E-state index in [1.165, 1.54) is 4.57 Å². The van der Waals surface area contributed by atoms with E-state index in [9.17, 15) is 14.4 Å². The van der Waals surface area contributed by atoms with E-state index in [0.717, 1.165) is 15.8 Å². The molecule has 3 heterocycles. The summed E-state index contributed by atoms with van der Waals surface area (Å²) >= 11 is 6.34. The molecule has 0 amide bonds. The van der Waals surface area contributed by atoms with Gasteiger partial charge in [0.2, 0.25) is 5.95 Å². The van der Waals surface area contributed by atoms with E-state index in [2.05, 4.69) is 11.9 Å². The molecule has 1 aliphatic heterocycles. The van der Waals surface area contributed by atoms with Crippen molar-refractivity contribution in [3.63, 3.8) is 0 Å². The molecule has 0 aliphatic carbocycles. The first kappa shape index (κ1) is 21.2. The standard InChI is InChI=1S/C21H24ClN5O4/c1-5-31-16(28)11-27-19(29)17-18(24(4)21(27)30)23-20-25(9-12(2)10-26(17)20)15-8-6-7-14(22)13(15)3/h6-8,12H,5,9-11H2,1-4H3/t12-/m0/s1. The van der Waals surface area contributed by atoms with Gasteiger partial charge in [-0.1, -0.05) is 24.6 Å². The zero-order valence-corrected chi connectivity index (χ0v) is 18.6. The average molecular weight is 446 g/mol. The van der Waals surface area contributed by atoms with E-state index < -0.39 is 23.8 Å². The van der Waals surface area contributed by atoms with Crippen LogP contribution in [-0.2, 0) is 29.7 Å². The van der Waals surface area contributed by atoms with Gasteiger partial charge in [0.15, 0.2) is 11.2 Å². The van der Waals surface area contributed by atoms with Crippen LogP contribution in [0.15, 0.2) is 27.8 Å². The monoisotopic (exact) mass is 445 g/mol. The van der Waals surface area contributed by atoms with Gasteiger partial charge in [-0.05, 0) is 37.5 Å². The lowest BCUT2D eigenvalue weighted by Crippen LogP contribution is -2.42. The number of benzene rings is 1. The van der Waals surface area contributed by atoms with Crippen LogP contribution in [0.5, 0.6) is 0 Å². The Morgan fingerprint density at radius 3 is 2.74 bits per heavy atom. The average Bonchev–Trinajstić information content (AvgIpc) is 3.11. The second-order valence-electron chi connectivity index (χ2n) is 7.83. The Kier molecular flexibility index (Phi) is 5.38. The lowest BCUT2D eigenvalue weighted by Gasteiger charge is -2.34. The highest BCUT2D eigenvalue weighted by Gasteiger charge is 2.31. The van der Waals surface area contributed by atoms with Crippen molar-refractivity contribution in [3.8, 4) is 0 Å². The van der Waals surface area contributed by atoms with Crippen LogP contribution in [0.2, 0.25) is 5.02 Å². The fourth-order valence-corrected chi connectivity index (χ4v) is 4.24. The van der Waals surface area contributed by atoms with Crippen molar-refractivity contribution in [2.24, 2.45) is 13.0 Å². The Morgan fingerprint density at radius 2 is 2.03 bits per heavy atom. The number of carbonyl (C=O) groups excluding carboxylic acids is 1. The summed E-state index contributed by atoms with van der Waals surface area (Å²) in [5.74, 6) is 0.141. The van der Waals surface area contributed by atoms with Crippen LogP contribution in [-0.4, -0.2) is 37.8 Å². The summed E-state index contributed by atoms with van der Waals surface area (Å²) < 4.78 is 8.96. The fourth-order valence-electron chi connectivity index (χ4n) is 4.07. The maximum Gasteiger partial charge on any atom is 0.333 e. The van der Waals surface area contributed by atoms with Gasteiger partial charge in [-0.3, -0.25) is 14.2 Å². The maximum atomic E-state index is 13.3. The molecule has 1 aromatic carbocycles. The summed E-state index contributed by atoms with van der Waals surface area (Å²) in [4.78, 5) is 44.8. The predicted octanol–water partition coefficient (Wildman–Crippen LogP) is 2.21. The lowest BCUT2D eigenvalue weighted by molar-refractivity contribution is -0.143. The number of esters is 1. The number of ether oxygens (including phenoxy) is 1. The van der Waals surface area contributed by atoms with Crippen LogP contribution < -0.4 is 16.1 Å². The van der Waals surface area contributed by atoms with Crippen molar-refractivity contribution in [1.29, 1.82) is 0 Å². The Labute approximate surface area is 183 Å². The first-order valence-electron chi connectivity index (χ1n) is 10.1. The molecule has 0 saturated heterocycles. The van der Waals surface area contributed by atoms with Gasteiger partial charge >= 0.3 is 11.7 Å². The van der Waals surface area contributed by atoms with Gasteiger partial charge in [0, 0.05) is 30.8 Å². The van der Waals surface area contributed by atoms with Gasteiger partial charge in [0.1, 0.15) is 6.54 Å². The van der Waals surface area contributed by atoms with Crippen LogP contribution in [0.25, 0.3) is 11.2 Å². The quantitative estimate of drug-likeness (QED) is 0.572. The van der Waals surface area contributed by atoms with Crippen molar-refractivity contribution in [2.45, 2.75) is 33.9 Å². The third kappa shape index (κ3) is 3.42. The largest absolute Gasteiger partial charge is 0.465 e. The number of hydrogen-bond donors (Lipinski definition) is 0. The molecule has 164 valence electrons. The van der Waals surface area contributed by atoms with Gasteiger partial charge in [0.05, 0.1) is 6.61 Å². The number of halogens is 1. The summed E-state index contributed by atoms with van der Waals surface area (Å²) in [6, 6.07) is 5.66. The molecule has 0 N–H and O–H groups in total. The van der Waals surface area contributed by atoms with E-state index in [1.807, 2.05) is 34.6 Å². The van der Waals surface area contributed by atoms with E-state index in [0.29, 0.717) is 24.1 Å². The van der Waals surface area contributed by atoms with Gasteiger partial charge in [-0.15, -0.1) is 0 Å². The molecule has 0 radical (unpaired) electrons. The number of anilines is 2. The number of carbonyl (C=O) groups is 1. The molecule has 3 aromatic rings. The molecule has 2 aromatic heterocycles. The van der Waals surface area contributed by atoms with E-state index in [4.69, 9.17) is 16.3 Å². The summed E-state index contributed by atoms with van der Waals surface area (Å²) in [5, 5.41) is 0.641. The molecule has 0 unspecified atom stereocenters. The number of fused-ring (bicyclic) bond motifs is 3. The number of imidazole rings is 1. The van der Waals surface area contributed by atoms with Crippen molar-refractivity contribution in [2.75, 3.05) is 18.1 Å². The van der Waals surface area contributed by atoms with Crippen LogP contribution in [0.1, 0.15) is 19.4 Å². The van der Waals surface area contributed by atoms with Gasteiger partial charge < -0.3 is 14.2 Å². The molecule has 10 heteroatoms. The number of aromatic nitrogens is 4. The van der Waals surface area contributed by atoms with Crippen LogP contribution in [0, 0.1) is 12.8 Å². The Morgan fingerprint density at radius 1 is 1.29 bits per heavy atom. The molecule has 9 nitrogen and oxygen atoms in total. The molecular formula is C21H24ClN5O4. The van der Waals surface area contributed by atoms with E-state index >= 15 is 0 Å². The molecule has 1 aliphatic rings. The zero-order valence-electron chi connectivity index (χ0n) is 17.9. The zero-order chi connectivity index (χ0) is 22.4. The highest BCUT2D eigenvalue weighted by molar-refractivity contribution is 6.31. The molecule has 0 bridgehead atoms. The number of hydrogen-bond acceptors (Lipinski definition) is 6. The summed E-state index contributed by atoms with van der Waals surface area (Å²) in [7, 11) is 1.54. The predicted molar refractivity (Wildman–Crippen MR) is 118 cm³/mol. The Bertz CT molecular complexity index is 1310. The molecule has 0 saturated carbocycles. The second-order valence-corrected chi connectivity index (χ2v) is 8.24. The second kappa shape index (κ2) is 7.88. The minimum absolute atomic E-state index is 0.170. The third-order valence-corrected chi connectivity index (χ3v) is 5.97. The smallest absolute Gasteiger partial charge is 0.333 e. The van der Waals surface area contributed by atoms with Crippen LogP contribution in [0.3, 0.4) is 0 Å². The minimum Gasteiger partial charge on any atom is -0.465 e. The van der Waals surface area contributed by atoms with Crippen LogP contribution in [0.4, 0.5) is 11.6 Å². The first-order valence-corrected chi connectivity index (χ1v) is 10.5. The molecular weight excluding hydrogens is 422 g/mol. The summed E-state index contributed by atoms with van der Waals surface area (Å²) in [5.41, 5.74) is 1.21. The summed E-state index contributed by atoms with van der Waals surface area (Å²) in [6.45, 7) is 6.67. The molecule has 0 spiro atoms. The summed E-state index contributed by atoms with van der Waals surface area (Å²) in [6.07, 6.45) is 0. The molecule has 1 atom stereocenters. The highest BCUT2D eigenvalue weighted by atomic mass is 35.5. The topological polar surface area (TPSA) is 91.4 Å². The van der Waals surface area contributed by atoms with Gasteiger partial charge in [-0.2, -0.15) is 4.98 Å². The van der Waals surface area contributed by atoms with Gasteiger partial charge in [0.25, 0.3) is 5.56 Å². The maximum absolute atomic E-state index is 13.3. The first-order chi connectivity index (χ1) is 14.7. The normalized spacial score (nSPS) is 15.9. The number of rotatable bonds is 4. The number of aryl methyl sites for hydroxylation is 1. The van der Waals surface area contributed by atoms with Gasteiger partial charge in [-0.25, -0.2) is 9.36 Å².